The number of carbonyl (C=O) groups is 2. The maximum absolute atomic E-state index is 14.3. The summed E-state index contributed by atoms with van der Waals surface area (Å²) in [5, 5.41) is 15.8. The van der Waals surface area contributed by atoms with E-state index in [1.807, 2.05) is 0 Å². The summed E-state index contributed by atoms with van der Waals surface area (Å²) in [6, 6.07) is 11.4. The van der Waals surface area contributed by atoms with Gasteiger partial charge in [-0.15, -0.1) is 0 Å². The van der Waals surface area contributed by atoms with Crippen molar-refractivity contribution < 1.29 is 18.7 Å². The molecular weight excluding hydrogens is 441 g/mol. The van der Waals surface area contributed by atoms with Gasteiger partial charge in [0.15, 0.2) is 0 Å². The molecule has 0 radical (unpaired) electrons. The van der Waals surface area contributed by atoms with E-state index >= 15 is 0 Å². The number of rotatable bonds is 6. The topological polar surface area (TPSA) is 91.2 Å². The third-order valence-corrected chi connectivity index (χ3v) is 6.16. The lowest BCUT2D eigenvalue weighted by atomic mass is 9.87. The lowest BCUT2D eigenvalue weighted by Crippen LogP contribution is -2.31. The molecule has 0 aliphatic carbocycles. The van der Waals surface area contributed by atoms with Crippen LogP contribution in [0.4, 0.5) is 10.1 Å². The lowest BCUT2D eigenvalue weighted by molar-refractivity contribution is -0.121. The van der Waals surface area contributed by atoms with Gasteiger partial charge < -0.3 is 15.4 Å². The van der Waals surface area contributed by atoms with Gasteiger partial charge in [0.2, 0.25) is 11.8 Å². The van der Waals surface area contributed by atoms with Gasteiger partial charge >= 0.3 is 0 Å². The number of anilines is 1. The Kier molecular flexibility index (Phi) is 7.21. The molecule has 0 saturated carbocycles. The minimum Gasteiger partial charge on any atom is -0.495 e. The molecule has 1 aliphatic heterocycles. The first-order valence-corrected chi connectivity index (χ1v) is 10.7. The number of allylic oxidation sites excluding steroid dienone is 1. The summed E-state index contributed by atoms with van der Waals surface area (Å²) in [7, 11) is 1.47. The molecule has 6 nitrogen and oxygen atoms in total. The van der Waals surface area contributed by atoms with Gasteiger partial charge in [0, 0.05) is 23.4 Å². The molecule has 0 bridgehead atoms. The van der Waals surface area contributed by atoms with E-state index in [-0.39, 0.29) is 40.2 Å². The van der Waals surface area contributed by atoms with E-state index in [9.17, 15) is 19.2 Å². The Morgan fingerprint density at radius 1 is 1.42 bits per heavy atom. The number of nitrogens with one attached hydrogen (secondary N) is 2. The number of hydrogen-bond donors (Lipinski definition) is 2. The SMILES string of the molecule is COc1cc(Cl)c(C)cc1NC(=O)CSC1=C(C#N)[C@@H](c2ccccc2F)CC(=O)N1. The molecule has 31 heavy (non-hydrogen) atoms. The molecular formula is C22H19ClFN3O3S. The smallest absolute Gasteiger partial charge is 0.234 e. The lowest BCUT2D eigenvalue weighted by Gasteiger charge is -2.25. The zero-order valence-electron chi connectivity index (χ0n) is 16.8. The van der Waals surface area contributed by atoms with Gasteiger partial charge in [-0.3, -0.25) is 9.59 Å². The Morgan fingerprint density at radius 3 is 2.84 bits per heavy atom. The van der Waals surface area contributed by atoms with Crippen LogP contribution in [0.15, 0.2) is 47.0 Å². The third-order valence-electron chi connectivity index (χ3n) is 4.74. The first kappa shape index (κ1) is 22.7. The molecule has 0 aromatic heterocycles. The number of benzene rings is 2. The normalized spacial score (nSPS) is 15.8. The fourth-order valence-electron chi connectivity index (χ4n) is 3.21. The van der Waals surface area contributed by atoms with Gasteiger partial charge in [0.1, 0.15) is 11.6 Å². The molecule has 2 N–H and O–H groups in total. The summed E-state index contributed by atoms with van der Waals surface area (Å²) in [6.07, 6.45) is -0.0403. The summed E-state index contributed by atoms with van der Waals surface area (Å²) >= 11 is 7.09. The predicted octanol–water partition coefficient (Wildman–Crippen LogP) is 4.51. The zero-order valence-corrected chi connectivity index (χ0v) is 18.4. The highest BCUT2D eigenvalue weighted by Gasteiger charge is 2.31. The van der Waals surface area contributed by atoms with Crippen molar-refractivity contribution in [3.8, 4) is 11.8 Å². The maximum Gasteiger partial charge on any atom is 0.234 e. The summed E-state index contributed by atoms with van der Waals surface area (Å²) in [6.45, 7) is 1.80. The van der Waals surface area contributed by atoms with Crippen LogP contribution in [-0.2, 0) is 9.59 Å². The predicted molar refractivity (Wildman–Crippen MR) is 118 cm³/mol. The average molecular weight is 460 g/mol. The highest BCUT2D eigenvalue weighted by atomic mass is 35.5. The van der Waals surface area contributed by atoms with Crippen LogP contribution in [-0.4, -0.2) is 24.7 Å². The number of ether oxygens (including phenoxy) is 1. The van der Waals surface area contributed by atoms with Crippen molar-refractivity contribution in [1.82, 2.24) is 5.32 Å². The molecule has 2 aromatic rings. The van der Waals surface area contributed by atoms with Crippen molar-refractivity contribution >= 4 is 40.9 Å². The minimum atomic E-state index is -0.704. The van der Waals surface area contributed by atoms with Gasteiger partial charge in [-0.2, -0.15) is 5.26 Å². The maximum atomic E-state index is 14.3. The molecule has 0 spiro atoms. The summed E-state index contributed by atoms with van der Waals surface area (Å²) in [5.41, 5.74) is 1.73. The van der Waals surface area contributed by atoms with Crippen molar-refractivity contribution in [2.24, 2.45) is 0 Å². The summed E-state index contributed by atoms with van der Waals surface area (Å²) < 4.78 is 19.5. The molecule has 2 amide bonds. The number of hydrogen-bond acceptors (Lipinski definition) is 5. The quantitative estimate of drug-likeness (QED) is 0.663. The van der Waals surface area contributed by atoms with E-state index in [1.54, 1.807) is 37.3 Å². The van der Waals surface area contributed by atoms with Crippen molar-refractivity contribution in [1.29, 1.82) is 5.26 Å². The fourth-order valence-corrected chi connectivity index (χ4v) is 4.24. The van der Waals surface area contributed by atoms with Crippen LogP contribution in [0.5, 0.6) is 5.75 Å². The number of nitriles is 1. The van der Waals surface area contributed by atoms with Crippen LogP contribution in [0.2, 0.25) is 5.02 Å². The number of aryl methyl sites for hydroxylation is 1. The Morgan fingerprint density at radius 2 is 2.16 bits per heavy atom. The molecule has 9 heteroatoms. The highest BCUT2D eigenvalue weighted by molar-refractivity contribution is 8.03. The average Bonchev–Trinajstić information content (AvgIpc) is 2.74. The molecule has 160 valence electrons. The standard InChI is InChI=1S/C22H19ClFN3O3S/c1-12-7-18(19(30-2)9-16(12)23)26-21(29)11-31-22-15(10-25)14(8-20(28)27-22)13-5-3-4-6-17(13)24/h3-7,9,14H,8,11H2,1-2H3,(H,26,29)(H,27,28)/t14-/m1/s1. The van der Waals surface area contributed by atoms with E-state index in [2.05, 4.69) is 16.7 Å². The molecule has 1 aliphatic rings. The van der Waals surface area contributed by atoms with Crippen LogP contribution in [0.25, 0.3) is 0 Å². The minimum absolute atomic E-state index is 0.0403. The van der Waals surface area contributed by atoms with Crippen molar-refractivity contribution in [3.05, 3.63) is 69.0 Å². The van der Waals surface area contributed by atoms with E-state index in [1.165, 1.54) is 13.2 Å². The largest absolute Gasteiger partial charge is 0.495 e. The Hall–Kier alpha value is -3.02. The number of methoxy groups -OCH3 is 1. The van der Waals surface area contributed by atoms with E-state index in [0.717, 1.165) is 17.3 Å². The second kappa shape index (κ2) is 9.86. The molecule has 0 saturated heterocycles. The van der Waals surface area contributed by atoms with Gasteiger partial charge in [0.25, 0.3) is 0 Å². The van der Waals surface area contributed by atoms with Crippen LogP contribution in [0.1, 0.15) is 23.5 Å². The van der Waals surface area contributed by atoms with E-state index in [4.69, 9.17) is 16.3 Å². The summed E-state index contributed by atoms with van der Waals surface area (Å²) in [4.78, 5) is 24.7. The Bertz CT molecular complexity index is 1110. The Balaban J connectivity index is 1.79. The molecule has 0 unspecified atom stereocenters. The molecule has 1 heterocycles. The second-order valence-corrected chi connectivity index (χ2v) is 8.21. The van der Waals surface area contributed by atoms with Crippen molar-refractivity contribution in [3.63, 3.8) is 0 Å². The van der Waals surface area contributed by atoms with E-state index < -0.39 is 11.7 Å². The molecule has 3 rings (SSSR count). The summed E-state index contributed by atoms with van der Waals surface area (Å²) in [5.74, 6) is -1.55. The van der Waals surface area contributed by atoms with Gasteiger partial charge in [-0.05, 0) is 30.2 Å². The van der Waals surface area contributed by atoms with Crippen LogP contribution in [0, 0.1) is 24.1 Å². The number of carbonyl (C=O) groups excluding carboxylic acids is 2. The third kappa shape index (κ3) is 5.19. The van der Waals surface area contributed by atoms with Gasteiger partial charge in [-0.1, -0.05) is 41.6 Å². The van der Waals surface area contributed by atoms with E-state index in [0.29, 0.717) is 16.5 Å². The number of amides is 2. The first-order valence-electron chi connectivity index (χ1n) is 9.29. The number of nitrogens with zero attached hydrogens (tertiary/aromatic N) is 1. The van der Waals surface area contributed by atoms with Crippen LogP contribution >= 0.6 is 23.4 Å². The van der Waals surface area contributed by atoms with Crippen molar-refractivity contribution in [2.75, 3.05) is 18.2 Å². The molecule has 1 atom stereocenters. The van der Waals surface area contributed by atoms with Crippen molar-refractivity contribution in [2.45, 2.75) is 19.3 Å². The monoisotopic (exact) mass is 459 g/mol. The second-order valence-electron chi connectivity index (χ2n) is 6.82. The first-order chi connectivity index (χ1) is 14.8. The van der Waals surface area contributed by atoms with Gasteiger partial charge in [0.05, 0.1) is 35.2 Å². The van der Waals surface area contributed by atoms with Gasteiger partial charge in [-0.25, -0.2) is 4.39 Å². The molecule has 0 fully saturated rings. The number of halogens is 2. The number of thioether (sulfide) groups is 1. The Labute approximate surface area is 188 Å². The fraction of sp³-hybridized carbons (Fsp3) is 0.227. The van der Waals surface area contributed by atoms with Crippen LogP contribution in [0.3, 0.4) is 0 Å². The zero-order chi connectivity index (χ0) is 22.5. The van der Waals surface area contributed by atoms with Crippen LogP contribution < -0.4 is 15.4 Å². The highest BCUT2D eigenvalue weighted by Crippen LogP contribution is 2.37. The molecule has 2 aromatic carbocycles.